The zero-order chi connectivity index (χ0) is 25.2. The molecule has 0 spiro atoms. The van der Waals surface area contributed by atoms with Crippen LogP contribution in [0, 0.1) is 5.92 Å². The van der Waals surface area contributed by atoms with Gasteiger partial charge in [-0.2, -0.15) is 0 Å². The van der Waals surface area contributed by atoms with Gasteiger partial charge in [0.05, 0.1) is 13.2 Å². The first-order chi connectivity index (χ1) is 16.5. The van der Waals surface area contributed by atoms with Gasteiger partial charge in [-0.1, -0.05) is 24.3 Å². The number of phosphoric ester groups is 1. The summed E-state index contributed by atoms with van der Waals surface area (Å²) in [6, 6.07) is 14.0. The molecule has 0 saturated heterocycles. The predicted octanol–water partition coefficient (Wildman–Crippen LogP) is 3.65. The number of benzene rings is 2. The van der Waals surface area contributed by atoms with Crippen LogP contribution in [0.15, 0.2) is 42.5 Å². The maximum Gasteiger partial charge on any atom is 0.469 e. The van der Waals surface area contributed by atoms with Crippen molar-refractivity contribution in [3.63, 3.8) is 0 Å². The Morgan fingerprint density at radius 3 is 2.71 bits per heavy atom. The fourth-order valence-corrected chi connectivity index (χ4v) is 5.65. The average molecular weight is 503 g/mol. The summed E-state index contributed by atoms with van der Waals surface area (Å²) in [5.74, 6) is 1.35. The topological polar surface area (TPSA) is 122 Å². The van der Waals surface area contributed by atoms with Crippen LogP contribution < -0.4 is 10.5 Å². The number of amides is 1. The molecule has 2 aliphatic rings. The van der Waals surface area contributed by atoms with E-state index in [1.807, 2.05) is 12.1 Å². The number of ether oxygens (including phenoxy) is 1. The van der Waals surface area contributed by atoms with Crippen molar-refractivity contribution in [2.24, 2.45) is 11.7 Å². The summed E-state index contributed by atoms with van der Waals surface area (Å²) in [6.07, 6.45) is 5.18. The molecule has 2 aromatic rings. The summed E-state index contributed by atoms with van der Waals surface area (Å²) in [6.45, 7) is 0.477. The summed E-state index contributed by atoms with van der Waals surface area (Å²) in [7, 11) is -1.04. The zero-order valence-corrected chi connectivity index (χ0v) is 21.2. The van der Waals surface area contributed by atoms with Crippen LogP contribution in [0.5, 0.6) is 5.75 Å². The van der Waals surface area contributed by atoms with E-state index in [-0.39, 0.29) is 18.4 Å². The van der Waals surface area contributed by atoms with E-state index in [9.17, 15) is 9.36 Å². The Kier molecular flexibility index (Phi) is 7.69. The van der Waals surface area contributed by atoms with E-state index in [2.05, 4.69) is 18.2 Å². The number of fused-ring (bicyclic) bond motifs is 1. The molecule has 0 bridgehead atoms. The molecule has 2 aliphatic carbocycles. The van der Waals surface area contributed by atoms with E-state index in [0.29, 0.717) is 36.7 Å². The Morgan fingerprint density at radius 1 is 1.17 bits per heavy atom. The molecule has 35 heavy (non-hydrogen) atoms. The number of carbonyl (C=O) groups is 1. The van der Waals surface area contributed by atoms with Gasteiger partial charge in [-0.15, -0.1) is 0 Å². The SMILES string of the molecule is CN(C)C(=O)c1cccc(OC[C@@H]2CCc3cc([C@H]4CC[C@](N)(COP(=O)(O)O)C4)ccc3C2)c1. The van der Waals surface area contributed by atoms with Crippen molar-refractivity contribution in [3.05, 3.63) is 64.7 Å². The van der Waals surface area contributed by atoms with Crippen LogP contribution in [-0.2, 0) is 21.9 Å². The number of hydrogen-bond donors (Lipinski definition) is 3. The van der Waals surface area contributed by atoms with Crippen molar-refractivity contribution in [2.45, 2.75) is 50.0 Å². The second kappa shape index (κ2) is 10.4. The first-order valence-corrected chi connectivity index (χ1v) is 13.6. The standard InChI is InChI=1S/C26H35N2O6P/c1-28(2)25(29)22-4-3-5-24(14-22)33-16-18-6-7-20-13-21(9-8-19(20)12-18)23-10-11-26(27,15-23)17-34-35(30,31)32/h3-5,8-9,13-14,18,23H,6-7,10-12,15-17,27H2,1-2H3,(H2,30,31,32)/t18-,23+,26-/m1/s1. The van der Waals surface area contributed by atoms with Crippen LogP contribution in [0.4, 0.5) is 0 Å². The normalized spacial score (nSPS) is 24.1. The van der Waals surface area contributed by atoms with Crippen LogP contribution in [0.25, 0.3) is 0 Å². The van der Waals surface area contributed by atoms with Crippen LogP contribution >= 0.6 is 7.82 Å². The van der Waals surface area contributed by atoms with Gasteiger partial charge in [-0.05, 0) is 85.3 Å². The van der Waals surface area contributed by atoms with Gasteiger partial charge in [-0.25, -0.2) is 4.57 Å². The highest BCUT2D eigenvalue weighted by atomic mass is 31.2. The van der Waals surface area contributed by atoms with Crippen LogP contribution in [0.1, 0.15) is 58.6 Å². The molecule has 1 fully saturated rings. The fraction of sp³-hybridized carbons (Fsp3) is 0.500. The summed E-state index contributed by atoms with van der Waals surface area (Å²) in [5.41, 5.74) is 10.2. The van der Waals surface area contributed by atoms with Crippen molar-refractivity contribution in [2.75, 3.05) is 27.3 Å². The minimum absolute atomic E-state index is 0.0405. The van der Waals surface area contributed by atoms with Gasteiger partial charge in [0.15, 0.2) is 0 Å². The molecule has 190 valence electrons. The molecule has 0 heterocycles. The summed E-state index contributed by atoms with van der Waals surface area (Å²) < 4.78 is 21.8. The van der Waals surface area contributed by atoms with E-state index in [4.69, 9.17) is 24.8 Å². The van der Waals surface area contributed by atoms with E-state index in [0.717, 1.165) is 25.7 Å². The lowest BCUT2D eigenvalue weighted by Crippen LogP contribution is -2.41. The lowest BCUT2D eigenvalue weighted by atomic mass is 9.82. The Hall–Kier alpha value is -2.22. The van der Waals surface area contributed by atoms with Gasteiger partial charge in [0, 0.05) is 25.2 Å². The predicted molar refractivity (Wildman–Crippen MR) is 133 cm³/mol. The highest BCUT2D eigenvalue weighted by Gasteiger charge is 2.38. The smallest absolute Gasteiger partial charge is 0.469 e. The molecule has 9 heteroatoms. The minimum Gasteiger partial charge on any atom is -0.493 e. The van der Waals surface area contributed by atoms with Gasteiger partial charge in [0.25, 0.3) is 5.91 Å². The van der Waals surface area contributed by atoms with Gasteiger partial charge in [-0.3, -0.25) is 9.32 Å². The Morgan fingerprint density at radius 2 is 1.97 bits per heavy atom. The number of rotatable bonds is 8. The van der Waals surface area contributed by atoms with Crippen molar-refractivity contribution in [1.82, 2.24) is 4.90 Å². The molecule has 0 aromatic heterocycles. The lowest BCUT2D eigenvalue weighted by Gasteiger charge is -2.27. The monoisotopic (exact) mass is 502 g/mol. The number of aryl methyl sites for hydroxylation is 1. The molecule has 0 aliphatic heterocycles. The van der Waals surface area contributed by atoms with Crippen molar-refractivity contribution in [1.29, 1.82) is 0 Å². The van der Waals surface area contributed by atoms with Crippen LogP contribution in [-0.4, -0.2) is 53.4 Å². The minimum atomic E-state index is -4.52. The van der Waals surface area contributed by atoms with Crippen LogP contribution in [0.2, 0.25) is 0 Å². The molecular weight excluding hydrogens is 467 g/mol. The Bertz CT molecular complexity index is 1120. The molecule has 2 aromatic carbocycles. The van der Waals surface area contributed by atoms with E-state index in [1.54, 1.807) is 31.1 Å². The third-order valence-electron chi connectivity index (χ3n) is 7.17. The lowest BCUT2D eigenvalue weighted by molar-refractivity contribution is 0.0827. The summed E-state index contributed by atoms with van der Waals surface area (Å²) >= 11 is 0. The maximum absolute atomic E-state index is 12.2. The maximum atomic E-state index is 12.2. The van der Waals surface area contributed by atoms with E-state index >= 15 is 0 Å². The third kappa shape index (κ3) is 6.72. The quantitative estimate of drug-likeness (QED) is 0.471. The highest BCUT2D eigenvalue weighted by molar-refractivity contribution is 7.46. The van der Waals surface area contributed by atoms with Gasteiger partial charge < -0.3 is 25.2 Å². The molecule has 3 atom stereocenters. The molecule has 4 rings (SSSR count). The molecule has 1 saturated carbocycles. The molecule has 4 N–H and O–H groups in total. The Balaban J connectivity index is 1.33. The van der Waals surface area contributed by atoms with Crippen molar-refractivity contribution in [3.8, 4) is 5.75 Å². The largest absolute Gasteiger partial charge is 0.493 e. The molecular formula is C26H35N2O6P. The zero-order valence-electron chi connectivity index (χ0n) is 20.4. The van der Waals surface area contributed by atoms with Gasteiger partial charge in [0.1, 0.15) is 5.75 Å². The Labute approximate surface area is 206 Å². The van der Waals surface area contributed by atoms with Crippen molar-refractivity contribution < 1.29 is 28.4 Å². The van der Waals surface area contributed by atoms with E-state index in [1.165, 1.54) is 16.7 Å². The number of phosphoric acid groups is 1. The number of nitrogens with two attached hydrogens (primary N) is 1. The van der Waals surface area contributed by atoms with E-state index < -0.39 is 13.4 Å². The number of nitrogens with zero attached hydrogens (tertiary/aromatic N) is 1. The fourth-order valence-electron chi connectivity index (χ4n) is 5.22. The number of hydrogen-bond acceptors (Lipinski definition) is 5. The third-order valence-corrected chi connectivity index (χ3v) is 7.63. The first kappa shape index (κ1) is 25.9. The van der Waals surface area contributed by atoms with Gasteiger partial charge >= 0.3 is 7.82 Å². The second-order valence-corrected chi connectivity index (χ2v) is 11.5. The second-order valence-electron chi connectivity index (χ2n) is 10.2. The van der Waals surface area contributed by atoms with Crippen molar-refractivity contribution >= 4 is 13.7 Å². The average Bonchev–Trinajstić information content (AvgIpc) is 3.23. The molecule has 0 unspecified atom stereocenters. The molecule has 8 nitrogen and oxygen atoms in total. The first-order valence-electron chi connectivity index (χ1n) is 12.1. The van der Waals surface area contributed by atoms with Crippen LogP contribution in [0.3, 0.4) is 0 Å². The molecule has 0 radical (unpaired) electrons. The molecule has 1 amide bonds. The highest BCUT2D eigenvalue weighted by Crippen LogP contribution is 2.44. The summed E-state index contributed by atoms with van der Waals surface area (Å²) in [4.78, 5) is 31.7. The summed E-state index contributed by atoms with van der Waals surface area (Å²) in [5, 5.41) is 0. The van der Waals surface area contributed by atoms with Gasteiger partial charge in [0.2, 0.25) is 0 Å². The number of carbonyl (C=O) groups excluding carboxylic acids is 1.